The summed E-state index contributed by atoms with van der Waals surface area (Å²) in [5.41, 5.74) is 0.924. The highest BCUT2D eigenvalue weighted by molar-refractivity contribution is 9.09. The van der Waals surface area contributed by atoms with Crippen LogP contribution in [0.25, 0.3) is 0 Å². The lowest BCUT2D eigenvalue weighted by molar-refractivity contribution is 0.340. The molecule has 1 aromatic rings. The monoisotopic (exact) mass is 239 g/mol. The standard InChI is InChI=1S/C10H10BrNO/c1-2-13-9-5-3-4-8(6-9)10(11)7-12/h3-6,10H,2H2,1H3. The molecule has 0 heterocycles. The van der Waals surface area contributed by atoms with Crippen molar-refractivity contribution in [3.8, 4) is 11.8 Å². The molecule has 2 nitrogen and oxygen atoms in total. The van der Waals surface area contributed by atoms with Crippen molar-refractivity contribution in [2.24, 2.45) is 0 Å². The Morgan fingerprint density at radius 3 is 3.00 bits per heavy atom. The third-order valence-corrected chi connectivity index (χ3v) is 2.31. The maximum absolute atomic E-state index is 8.67. The molecular weight excluding hydrogens is 230 g/mol. The molecule has 0 bridgehead atoms. The summed E-state index contributed by atoms with van der Waals surface area (Å²) in [5.74, 6) is 0.805. The van der Waals surface area contributed by atoms with E-state index in [1.54, 1.807) is 0 Å². The lowest BCUT2D eigenvalue weighted by Crippen LogP contribution is -1.93. The van der Waals surface area contributed by atoms with Crippen LogP contribution in [0, 0.1) is 11.3 Å². The van der Waals surface area contributed by atoms with Gasteiger partial charge in [-0.1, -0.05) is 28.1 Å². The number of benzene rings is 1. The number of ether oxygens (including phenoxy) is 1. The molecule has 0 amide bonds. The Labute approximate surface area is 86.3 Å². The molecular formula is C10H10BrNO. The number of halogens is 1. The molecule has 0 saturated carbocycles. The van der Waals surface area contributed by atoms with Crippen LogP contribution < -0.4 is 4.74 Å². The molecule has 1 unspecified atom stereocenters. The normalized spacial score (nSPS) is 11.8. The summed E-state index contributed by atoms with van der Waals surface area (Å²) in [6.07, 6.45) is 0. The van der Waals surface area contributed by atoms with E-state index in [0.717, 1.165) is 11.3 Å². The maximum atomic E-state index is 8.67. The molecule has 0 aromatic heterocycles. The fraction of sp³-hybridized carbons (Fsp3) is 0.300. The lowest BCUT2D eigenvalue weighted by atomic mass is 10.1. The van der Waals surface area contributed by atoms with Gasteiger partial charge in [-0.15, -0.1) is 0 Å². The van der Waals surface area contributed by atoms with Crippen LogP contribution in [-0.4, -0.2) is 6.61 Å². The van der Waals surface area contributed by atoms with Gasteiger partial charge >= 0.3 is 0 Å². The number of hydrogen-bond donors (Lipinski definition) is 0. The molecule has 1 rings (SSSR count). The van der Waals surface area contributed by atoms with Crippen LogP contribution in [0.2, 0.25) is 0 Å². The average Bonchev–Trinajstić information content (AvgIpc) is 2.18. The molecule has 13 heavy (non-hydrogen) atoms. The van der Waals surface area contributed by atoms with Gasteiger partial charge in [0.05, 0.1) is 12.7 Å². The zero-order chi connectivity index (χ0) is 9.68. The second-order valence-corrected chi connectivity index (χ2v) is 3.41. The third kappa shape index (κ3) is 2.74. The first-order valence-electron chi connectivity index (χ1n) is 4.04. The molecule has 0 saturated heterocycles. The van der Waals surface area contributed by atoms with Crippen LogP contribution >= 0.6 is 15.9 Å². The van der Waals surface area contributed by atoms with E-state index in [0.29, 0.717) is 6.61 Å². The Kier molecular flexibility index (Phi) is 3.78. The van der Waals surface area contributed by atoms with Crippen molar-refractivity contribution in [3.05, 3.63) is 29.8 Å². The molecule has 0 aliphatic rings. The van der Waals surface area contributed by atoms with Gasteiger partial charge in [-0.25, -0.2) is 0 Å². The Hall–Kier alpha value is -1.01. The first-order chi connectivity index (χ1) is 6.27. The largest absolute Gasteiger partial charge is 0.494 e. The molecule has 0 aliphatic carbocycles. The quantitative estimate of drug-likeness (QED) is 0.760. The Morgan fingerprint density at radius 1 is 1.62 bits per heavy atom. The van der Waals surface area contributed by atoms with E-state index < -0.39 is 0 Å². The minimum atomic E-state index is -0.257. The van der Waals surface area contributed by atoms with Gasteiger partial charge in [-0.05, 0) is 24.6 Å². The fourth-order valence-corrected chi connectivity index (χ4v) is 1.29. The summed E-state index contributed by atoms with van der Waals surface area (Å²) < 4.78 is 5.31. The van der Waals surface area contributed by atoms with E-state index in [1.165, 1.54) is 0 Å². The zero-order valence-corrected chi connectivity index (χ0v) is 8.91. The van der Waals surface area contributed by atoms with Gasteiger partial charge in [-0.2, -0.15) is 5.26 Å². The zero-order valence-electron chi connectivity index (χ0n) is 7.33. The van der Waals surface area contributed by atoms with Crippen LogP contribution in [0.3, 0.4) is 0 Å². The third-order valence-electron chi connectivity index (χ3n) is 1.58. The van der Waals surface area contributed by atoms with E-state index >= 15 is 0 Å². The van der Waals surface area contributed by atoms with Crippen molar-refractivity contribution in [2.45, 2.75) is 11.8 Å². The summed E-state index contributed by atoms with van der Waals surface area (Å²) >= 11 is 3.25. The van der Waals surface area contributed by atoms with Crippen LogP contribution in [0.4, 0.5) is 0 Å². The van der Waals surface area contributed by atoms with Gasteiger partial charge in [0, 0.05) is 0 Å². The van der Waals surface area contributed by atoms with E-state index in [2.05, 4.69) is 22.0 Å². The SMILES string of the molecule is CCOc1cccc(C(Br)C#N)c1. The summed E-state index contributed by atoms with van der Waals surface area (Å²) in [5, 5.41) is 8.67. The van der Waals surface area contributed by atoms with Gasteiger partial charge in [0.15, 0.2) is 0 Å². The van der Waals surface area contributed by atoms with Crippen molar-refractivity contribution in [3.63, 3.8) is 0 Å². The van der Waals surface area contributed by atoms with Crippen LogP contribution in [-0.2, 0) is 0 Å². The predicted molar refractivity (Wildman–Crippen MR) is 54.9 cm³/mol. The lowest BCUT2D eigenvalue weighted by Gasteiger charge is -2.05. The van der Waals surface area contributed by atoms with Gasteiger partial charge < -0.3 is 4.74 Å². The average molecular weight is 240 g/mol. The highest BCUT2D eigenvalue weighted by Crippen LogP contribution is 2.24. The number of nitriles is 1. The second-order valence-electron chi connectivity index (χ2n) is 2.50. The fourth-order valence-electron chi connectivity index (χ4n) is 1.00. The van der Waals surface area contributed by atoms with E-state index in [4.69, 9.17) is 10.00 Å². The smallest absolute Gasteiger partial charge is 0.126 e. The summed E-state index contributed by atoms with van der Waals surface area (Å²) in [4.78, 5) is -0.257. The van der Waals surface area contributed by atoms with Crippen molar-refractivity contribution in [1.29, 1.82) is 5.26 Å². The number of hydrogen-bond acceptors (Lipinski definition) is 2. The van der Waals surface area contributed by atoms with Crippen LogP contribution in [0.5, 0.6) is 5.75 Å². The minimum Gasteiger partial charge on any atom is -0.494 e. The second kappa shape index (κ2) is 4.88. The highest BCUT2D eigenvalue weighted by atomic mass is 79.9. The molecule has 0 radical (unpaired) electrons. The molecule has 68 valence electrons. The predicted octanol–water partition coefficient (Wildman–Crippen LogP) is 3.04. The van der Waals surface area contributed by atoms with E-state index in [9.17, 15) is 0 Å². The summed E-state index contributed by atoms with van der Waals surface area (Å²) in [7, 11) is 0. The number of nitrogens with zero attached hydrogens (tertiary/aromatic N) is 1. The summed E-state index contributed by atoms with van der Waals surface area (Å²) in [6, 6.07) is 9.63. The van der Waals surface area contributed by atoms with E-state index in [-0.39, 0.29) is 4.83 Å². The van der Waals surface area contributed by atoms with Gasteiger partial charge in [0.2, 0.25) is 0 Å². The molecule has 3 heteroatoms. The molecule has 0 N–H and O–H groups in total. The maximum Gasteiger partial charge on any atom is 0.126 e. The van der Waals surface area contributed by atoms with Crippen molar-refractivity contribution >= 4 is 15.9 Å². The van der Waals surface area contributed by atoms with Crippen molar-refractivity contribution in [1.82, 2.24) is 0 Å². The van der Waals surface area contributed by atoms with Gasteiger partial charge in [-0.3, -0.25) is 0 Å². The molecule has 1 aromatic carbocycles. The molecule has 0 fully saturated rings. The van der Waals surface area contributed by atoms with Crippen molar-refractivity contribution in [2.75, 3.05) is 6.61 Å². The van der Waals surface area contributed by atoms with Crippen molar-refractivity contribution < 1.29 is 4.74 Å². The molecule has 0 aliphatic heterocycles. The van der Waals surface area contributed by atoms with Gasteiger partial charge in [0.1, 0.15) is 10.6 Å². The number of alkyl halides is 1. The highest BCUT2D eigenvalue weighted by Gasteiger charge is 2.05. The van der Waals surface area contributed by atoms with Crippen LogP contribution in [0.15, 0.2) is 24.3 Å². The van der Waals surface area contributed by atoms with Crippen LogP contribution in [0.1, 0.15) is 17.3 Å². The number of rotatable bonds is 3. The topological polar surface area (TPSA) is 33.0 Å². The summed E-state index contributed by atoms with van der Waals surface area (Å²) in [6.45, 7) is 2.57. The van der Waals surface area contributed by atoms with Gasteiger partial charge in [0.25, 0.3) is 0 Å². The Bertz CT molecular complexity index is 319. The molecule has 1 atom stereocenters. The molecule has 0 spiro atoms. The van der Waals surface area contributed by atoms with E-state index in [1.807, 2.05) is 31.2 Å². The Balaban J connectivity index is 2.86. The Morgan fingerprint density at radius 2 is 2.38 bits per heavy atom. The first kappa shape index (κ1) is 10.1. The minimum absolute atomic E-state index is 0.257. The first-order valence-corrected chi connectivity index (χ1v) is 4.96.